The first kappa shape index (κ1) is 15.0. The second kappa shape index (κ2) is 7.27. The van der Waals surface area contributed by atoms with E-state index in [0.29, 0.717) is 11.5 Å². The molecule has 2 atom stereocenters. The molecule has 1 N–H and O–H groups in total. The molecule has 0 fully saturated rings. The lowest BCUT2D eigenvalue weighted by atomic mass is 9.78. The Morgan fingerprint density at radius 2 is 1.67 bits per heavy atom. The van der Waals surface area contributed by atoms with Crippen molar-refractivity contribution in [2.24, 2.45) is 11.3 Å². The molecule has 0 aliphatic heterocycles. The molecular weight excluding hydrogens is 182 g/mol. The fraction of sp³-hybridized carbons (Fsp3) is 1.00. The molecule has 0 saturated heterocycles. The van der Waals surface area contributed by atoms with Crippen molar-refractivity contribution in [3.63, 3.8) is 0 Å². The Morgan fingerprint density at radius 3 is 2.13 bits per heavy atom. The van der Waals surface area contributed by atoms with E-state index in [9.17, 15) is 0 Å². The van der Waals surface area contributed by atoms with Crippen LogP contribution in [0.15, 0.2) is 0 Å². The molecule has 0 saturated carbocycles. The summed E-state index contributed by atoms with van der Waals surface area (Å²) in [4.78, 5) is 0. The van der Waals surface area contributed by atoms with E-state index < -0.39 is 0 Å². The molecule has 0 rings (SSSR count). The lowest BCUT2D eigenvalue weighted by Crippen LogP contribution is -2.32. The molecule has 0 bridgehead atoms. The topological polar surface area (TPSA) is 12.0 Å². The normalized spacial score (nSPS) is 16.4. The zero-order valence-electron chi connectivity index (χ0n) is 11.7. The van der Waals surface area contributed by atoms with Crippen molar-refractivity contribution in [3.8, 4) is 0 Å². The van der Waals surface area contributed by atoms with Gasteiger partial charge >= 0.3 is 0 Å². The molecule has 1 nitrogen and oxygen atoms in total. The van der Waals surface area contributed by atoms with E-state index >= 15 is 0 Å². The lowest BCUT2D eigenvalue weighted by molar-refractivity contribution is 0.227. The lowest BCUT2D eigenvalue weighted by Gasteiger charge is -2.31. The first-order valence-electron chi connectivity index (χ1n) is 6.64. The van der Waals surface area contributed by atoms with Crippen LogP contribution in [-0.4, -0.2) is 12.6 Å². The molecule has 0 aromatic carbocycles. The molecule has 0 radical (unpaired) electrons. The van der Waals surface area contributed by atoms with Crippen LogP contribution in [0.25, 0.3) is 0 Å². The van der Waals surface area contributed by atoms with Crippen molar-refractivity contribution >= 4 is 0 Å². The summed E-state index contributed by atoms with van der Waals surface area (Å²) in [6.45, 7) is 15.2. The molecule has 92 valence electrons. The zero-order valence-corrected chi connectivity index (χ0v) is 11.7. The van der Waals surface area contributed by atoms with E-state index in [0.717, 1.165) is 12.5 Å². The van der Waals surface area contributed by atoms with Crippen LogP contribution < -0.4 is 5.32 Å². The Bertz CT molecular complexity index is 151. The smallest absolute Gasteiger partial charge is 0.00438 e. The van der Waals surface area contributed by atoms with Crippen LogP contribution in [0, 0.1) is 11.3 Å². The van der Waals surface area contributed by atoms with Gasteiger partial charge in [0.1, 0.15) is 0 Å². The molecule has 0 aromatic rings. The zero-order chi connectivity index (χ0) is 11.9. The summed E-state index contributed by atoms with van der Waals surface area (Å²) in [5.41, 5.74) is 0.482. The highest BCUT2D eigenvalue weighted by molar-refractivity contribution is 4.76. The fourth-order valence-corrected chi connectivity index (χ4v) is 2.46. The molecule has 15 heavy (non-hydrogen) atoms. The van der Waals surface area contributed by atoms with E-state index in [1.165, 1.54) is 25.7 Å². The second-order valence-electron chi connectivity index (χ2n) is 5.94. The molecule has 0 aliphatic rings. The average molecular weight is 213 g/mol. The predicted molar refractivity (Wildman–Crippen MR) is 70.2 cm³/mol. The summed E-state index contributed by atoms with van der Waals surface area (Å²) in [7, 11) is 0. The molecular formula is C14H31N. The predicted octanol–water partition coefficient (Wildman–Crippen LogP) is 4.23. The molecule has 1 heteroatoms. The van der Waals surface area contributed by atoms with Crippen LogP contribution >= 0.6 is 0 Å². The third-order valence-electron chi connectivity index (χ3n) is 3.20. The Hall–Kier alpha value is -0.0400. The summed E-state index contributed by atoms with van der Waals surface area (Å²) in [5.74, 6) is 0.860. The van der Waals surface area contributed by atoms with Crippen molar-refractivity contribution in [3.05, 3.63) is 0 Å². The minimum atomic E-state index is 0.482. The molecule has 2 unspecified atom stereocenters. The summed E-state index contributed by atoms with van der Waals surface area (Å²) >= 11 is 0. The SMILES string of the molecule is CCCNC(C)CC(C)(C)CC(C)CC. The highest BCUT2D eigenvalue weighted by Crippen LogP contribution is 2.31. The standard InChI is InChI=1S/C14H31N/c1-7-9-15-13(4)11-14(5,6)10-12(3)8-2/h12-13,15H,7-11H2,1-6H3. The van der Waals surface area contributed by atoms with E-state index in [4.69, 9.17) is 0 Å². The van der Waals surface area contributed by atoms with Gasteiger partial charge in [-0.1, -0.05) is 41.0 Å². The van der Waals surface area contributed by atoms with Crippen LogP contribution in [0.3, 0.4) is 0 Å². The van der Waals surface area contributed by atoms with Crippen molar-refractivity contribution < 1.29 is 0 Å². The van der Waals surface area contributed by atoms with Gasteiger partial charge in [0.2, 0.25) is 0 Å². The van der Waals surface area contributed by atoms with Gasteiger partial charge < -0.3 is 5.32 Å². The maximum absolute atomic E-state index is 3.58. The summed E-state index contributed by atoms with van der Waals surface area (Å²) < 4.78 is 0. The fourth-order valence-electron chi connectivity index (χ4n) is 2.46. The Morgan fingerprint density at radius 1 is 1.07 bits per heavy atom. The van der Waals surface area contributed by atoms with Gasteiger partial charge in [0.05, 0.1) is 0 Å². The van der Waals surface area contributed by atoms with Crippen molar-refractivity contribution in [2.75, 3.05) is 6.54 Å². The van der Waals surface area contributed by atoms with E-state index in [2.05, 4.69) is 46.9 Å². The van der Waals surface area contributed by atoms with E-state index in [1.807, 2.05) is 0 Å². The van der Waals surface area contributed by atoms with Gasteiger partial charge in [-0.3, -0.25) is 0 Å². The number of hydrogen-bond acceptors (Lipinski definition) is 1. The van der Waals surface area contributed by atoms with Crippen LogP contribution in [0.2, 0.25) is 0 Å². The second-order valence-corrected chi connectivity index (χ2v) is 5.94. The van der Waals surface area contributed by atoms with Crippen molar-refractivity contribution in [1.82, 2.24) is 5.32 Å². The molecule has 0 heterocycles. The van der Waals surface area contributed by atoms with E-state index in [-0.39, 0.29) is 0 Å². The highest BCUT2D eigenvalue weighted by Gasteiger charge is 2.22. The van der Waals surface area contributed by atoms with Gasteiger partial charge in [0.15, 0.2) is 0 Å². The maximum Gasteiger partial charge on any atom is 0.00438 e. The highest BCUT2D eigenvalue weighted by atomic mass is 14.9. The van der Waals surface area contributed by atoms with Gasteiger partial charge in [-0.25, -0.2) is 0 Å². The van der Waals surface area contributed by atoms with Gasteiger partial charge in [-0.2, -0.15) is 0 Å². The third kappa shape index (κ3) is 7.84. The van der Waals surface area contributed by atoms with Crippen LogP contribution in [-0.2, 0) is 0 Å². The Labute approximate surface area is 97.0 Å². The van der Waals surface area contributed by atoms with Crippen LogP contribution in [0.5, 0.6) is 0 Å². The largest absolute Gasteiger partial charge is 0.314 e. The van der Waals surface area contributed by atoms with E-state index in [1.54, 1.807) is 0 Å². The molecule has 0 aliphatic carbocycles. The Balaban J connectivity index is 3.89. The van der Waals surface area contributed by atoms with Gasteiger partial charge in [-0.05, 0) is 44.1 Å². The first-order valence-corrected chi connectivity index (χ1v) is 6.64. The average Bonchev–Trinajstić information content (AvgIpc) is 2.12. The molecule has 0 aromatic heterocycles. The van der Waals surface area contributed by atoms with Crippen LogP contribution in [0.4, 0.5) is 0 Å². The first-order chi connectivity index (χ1) is 6.91. The number of rotatable bonds is 8. The van der Waals surface area contributed by atoms with Gasteiger partial charge in [0.25, 0.3) is 0 Å². The molecule has 0 amide bonds. The minimum absolute atomic E-state index is 0.482. The third-order valence-corrected chi connectivity index (χ3v) is 3.20. The van der Waals surface area contributed by atoms with Gasteiger partial charge in [0, 0.05) is 6.04 Å². The number of hydrogen-bond donors (Lipinski definition) is 1. The Kier molecular flexibility index (Phi) is 7.25. The monoisotopic (exact) mass is 213 g/mol. The summed E-state index contributed by atoms with van der Waals surface area (Å²) in [6, 6.07) is 0.656. The molecule has 0 spiro atoms. The van der Waals surface area contributed by atoms with Crippen molar-refractivity contribution in [1.29, 1.82) is 0 Å². The summed E-state index contributed by atoms with van der Waals surface area (Å²) in [5, 5.41) is 3.58. The number of nitrogens with one attached hydrogen (secondary N) is 1. The van der Waals surface area contributed by atoms with Gasteiger partial charge in [-0.15, -0.1) is 0 Å². The van der Waals surface area contributed by atoms with Crippen molar-refractivity contribution in [2.45, 2.75) is 73.3 Å². The summed E-state index contributed by atoms with van der Waals surface area (Å²) in [6.07, 6.45) is 5.18. The quantitative estimate of drug-likeness (QED) is 0.636. The maximum atomic E-state index is 3.58. The minimum Gasteiger partial charge on any atom is -0.314 e. The van der Waals surface area contributed by atoms with Crippen LogP contribution in [0.1, 0.15) is 67.2 Å².